The second kappa shape index (κ2) is 4.74. The lowest BCUT2D eigenvalue weighted by Crippen LogP contribution is -2.06. The largest absolute Gasteiger partial charge is 0.369 e. The van der Waals surface area contributed by atoms with Crippen molar-refractivity contribution in [2.75, 3.05) is 11.9 Å². The molecule has 2 heterocycles. The molecule has 0 radical (unpaired) electrons. The molecule has 0 aromatic carbocycles. The summed E-state index contributed by atoms with van der Waals surface area (Å²) >= 11 is 0. The molecular formula is C11H15N5. The van der Waals surface area contributed by atoms with Gasteiger partial charge in [0.2, 0.25) is 0 Å². The molecule has 0 saturated heterocycles. The molecule has 0 saturated carbocycles. The standard InChI is InChI=1S/C11H15N5/c1-3-4-14-10-7-12-8-11(15-10)16-6-5-13-9(16)2/h5-8H,3-4H2,1-2H3,(H,14,15). The number of nitrogens with one attached hydrogen (secondary N) is 1. The first-order chi connectivity index (χ1) is 7.81. The van der Waals surface area contributed by atoms with Crippen molar-refractivity contribution in [1.82, 2.24) is 19.5 Å². The van der Waals surface area contributed by atoms with E-state index in [1.54, 1.807) is 18.6 Å². The quantitative estimate of drug-likeness (QED) is 0.848. The van der Waals surface area contributed by atoms with E-state index in [-0.39, 0.29) is 0 Å². The van der Waals surface area contributed by atoms with Crippen LogP contribution in [0.2, 0.25) is 0 Å². The third-order valence-electron chi connectivity index (χ3n) is 2.25. The van der Waals surface area contributed by atoms with E-state index in [1.165, 1.54) is 0 Å². The van der Waals surface area contributed by atoms with E-state index in [4.69, 9.17) is 0 Å². The third-order valence-corrected chi connectivity index (χ3v) is 2.25. The van der Waals surface area contributed by atoms with E-state index in [0.29, 0.717) is 0 Å². The molecule has 0 fully saturated rings. The van der Waals surface area contributed by atoms with Gasteiger partial charge in [0.1, 0.15) is 11.6 Å². The van der Waals surface area contributed by atoms with Gasteiger partial charge in [-0.1, -0.05) is 6.92 Å². The molecule has 0 aliphatic carbocycles. The van der Waals surface area contributed by atoms with Crippen LogP contribution in [0.15, 0.2) is 24.8 Å². The highest BCUT2D eigenvalue weighted by atomic mass is 15.2. The molecule has 16 heavy (non-hydrogen) atoms. The predicted octanol–water partition coefficient (Wildman–Crippen LogP) is 1.79. The number of nitrogens with zero attached hydrogens (tertiary/aromatic N) is 4. The van der Waals surface area contributed by atoms with E-state index in [0.717, 1.165) is 30.4 Å². The van der Waals surface area contributed by atoms with E-state index in [2.05, 4.69) is 27.2 Å². The SMILES string of the molecule is CCCNc1cncc(-n2ccnc2C)n1. The van der Waals surface area contributed by atoms with E-state index < -0.39 is 0 Å². The Morgan fingerprint density at radius 1 is 1.38 bits per heavy atom. The lowest BCUT2D eigenvalue weighted by atomic mass is 10.5. The molecule has 0 atom stereocenters. The Bertz CT molecular complexity index is 463. The van der Waals surface area contributed by atoms with Crippen molar-refractivity contribution in [3.8, 4) is 5.82 Å². The highest BCUT2D eigenvalue weighted by molar-refractivity contribution is 5.36. The molecule has 5 nitrogen and oxygen atoms in total. The summed E-state index contributed by atoms with van der Waals surface area (Å²) in [5.41, 5.74) is 0. The maximum absolute atomic E-state index is 4.46. The minimum absolute atomic E-state index is 0.788. The Balaban J connectivity index is 2.26. The molecule has 2 aromatic heterocycles. The summed E-state index contributed by atoms with van der Waals surface area (Å²) < 4.78 is 1.91. The van der Waals surface area contributed by atoms with Crippen LogP contribution in [0, 0.1) is 6.92 Å². The number of rotatable bonds is 4. The Hall–Kier alpha value is -1.91. The molecule has 2 rings (SSSR count). The molecule has 1 N–H and O–H groups in total. The molecular weight excluding hydrogens is 202 g/mol. The van der Waals surface area contributed by atoms with Gasteiger partial charge in [0.05, 0.1) is 12.4 Å². The molecule has 0 aliphatic heterocycles. The lowest BCUT2D eigenvalue weighted by Gasteiger charge is -2.07. The molecule has 0 spiro atoms. The molecule has 0 bridgehead atoms. The average Bonchev–Trinajstić information content (AvgIpc) is 2.73. The Kier molecular flexibility index (Phi) is 3.14. The monoisotopic (exact) mass is 217 g/mol. The average molecular weight is 217 g/mol. The zero-order chi connectivity index (χ0) is 11.4. The van der Waals surface area contributed by atoms with Crippen LogP contribution in [0.5, 0.6) is 0 Å². The van der Waals surface area contributed by atoms with Gasteiger partial charge >= 0.3 is 0 Å². The molecule has 0 unspecified atom stereocenters. The number of anilines is 1. The summed E-state index contributed by atoms with van der Waals surface area (Å²) in [6.45, 7) is 4.96. The smallest absolute Gasteiger partial charge is 0.159 e. The first-order valence-corrected chi connectivity index (χ1v) is 5.37. The van der Waals surface area contributed by atoms with Crippen LogP contribution < -0.4 is 5.32 Å². The summed E-state index contributed by atoms with van der Waals surface area (Å²) in [5.74, 6) is 2.49. The summed E-state index contributed by atoms with van der Waals surface area (Å²) in [6, 6.07) is 0. The minimum Gasteiger partial charge on any atom is -0.369 e. The van der Waals surface area contributed by atoms with Gasteiger partial charge in [0, 0.05) is 18.9 Å². The number of aryl methyl sites for hydroxylation is 1. The van der Waals surface area contributed by atoms with E-state index in [1.807, 2.05) is 17.7 Å². The van der Waals surface area contributed by atoms with Crippen molar-refractivity contribution in [3.63, 3.8) is 0 Å². The van der Waals surface area contributed by atoms with Crippen molar-refractivity contribution in [3.05, 3.63) is 30.6 Å². The van der Waals surface area contributed by atoms with Gasteiger partial charge in [0.15, 0.2) is 5.82 Å². The first-order valence-electron chi connectivity index (χ1n) is 5.37. The van der Waals surface area contributed by atoms with Crippen LogP contribution in [-0.4, -0.2) is 26.1 Å². The van der Waals surface area contributed by atoms with Crippen molar-refractivity contribution in [2.24, 2.45) is 0 Å². The summed E-state index contributed by atoms with van der Waals surface area (Å²) in [6.07, 6.45) is 8.15. The highest BCUT2D eigenvalue weighted by Gasteiger charge is 2.03. The summed E-state index contributed by atoms with van der Waals surface area (Å²) in [7, 11) is 0. The second-order valence-corrected chi connectivity index (χ2v) is 3.53. The molecule has 5 heteroatoms. The fraction of sp³-hybridized carbons (Fsp3) is 0.364. The van der Waals surface area contributed by atoms with Crippen LogP contribution in [0.1, 0.15) is 19.2 Å². The van der Waals surface area contributed by atoms with Gasteiger partial charge in [-0.15, -0.1) is 0 Å². The van der Waals surface area contributed by atoms with Gasteiger partial charge in [-0.3, -0.25) is 9.55 Å². The molecule has 0 amide bonds. The van der Waals surface area contributed by atoms with Crippen molar-refractivity contribution in [2.45, 2.75) is 20.3 Å². The van der Waals surface area contributed by atoms with Gasteiger partial charge in [-0.25, -0.2) is 9.97 Å². The van der Waals surface area contributed by atoms with Gasteiger partial charge in [0.25, 0.3) is 0 Å². The third kappa shape index (κ3) is 2.18. The van der Waals surface area contributed by atoms with Crippen molar-refractivity contribution in [1.29, 1.82) is 0 Å². The van der Waals surface area contributed by atoms with Crippen molar-refractivity contribution < 1.29 is 0 Å². The predicted molar refractivity (Wildman–Crippen MR) is 62.7 cm³/mol. The summed E-state index contributed by atoms with van der Waals surface area (Å²) in [4.78, 5) is 12.8. The zero-order valence-electron chi connectivity index (χ0n) is 9.51. The minimum atomic E-state index is 0.788. The number of imidazole rings is 1. The lowest BCUT2D eigenvalue weighted by molar-refractivity contribution is 0.907. The maximum Gasteiger partial charge on any atom is 0.159 e. The fourth-order valence-electron chi connectivity index (χ4n) is 1.43. The second-order valence-electron chi connectivity index (χ2n) is 3.53. The van der Waals surface area contributed by atoms with Crippen LogP contribution in [0.25, 0.3) is 5.82 Å². The van der Waals surface area contributed by atoms with Crippen LogP contribution in [0.3, 0.4) is 0 Å². The van der Waals surface area contributed by atoms with Gasteiger partial charge in [-0.2, -0.15) is 0 Å². The Morgan fingerprint density at radius 3 is 2.94 bits per heavy atom. The zero-order valence-corrected chi connectivity index (χ0v) is 9.51. The highest BCUT2D eigenvalue weighted by Crippen LogP contribution is 2.09. The maximum atomic E-state index is 4.46. The number of hydrogen-bond acceptors (Lipinski definition) is 4. The number of hydrogen-bond donors (Lipinski definition) is 1. The first kappa shape index (κ1) is 10.6. The van der Waals surface area contributed by atoms with Crippen LogP contribution >= 0.6 is 0 Å². The molecule has 84 valence electrons. The van der Waals surface area contributed by atoms with Gasteiger partial charge < -0.3 is 5.32 Å². The topological polar surface area (TPSA) is 55.6 Å². The van der Waals surface area contributed by atoms with E-state index in [9.17, 15) is 0 Å². The number of aromatic nitrogens is 4. The van der Waals surface area contributed by atoms with Crippen LogP contribution in [0.4, 0.5) is 5.82 Å². The normalized spacial score (nSPS) is 10.4. The Morgan fingerprint density at radius 2 is 2.25 bits per heavy atom. The Labute approximate surface area is 94.6 Å². The van der Waals surface area contributed by atoms with Crippen LogP contribution in [-0.2, 0) is 0 Å². The molecule has 0 aliphatic rings. The van der Waals surface area contributed by atoms with Crippen molar-refractivity contribution >= 4 is 5.82 Å². The molecule has 2 aromatic rings. The summed E-state index contributed by atoms with van der Waals surface area (Å²) in [5, 5.41) is 3.21. The fourth-order valence-corrected chi connectivity index (χ4v) is 1.43. The van der Waals surface area contributed by atoms with Gasteiger partial charge in [-0.05, 0) is 13.3 Å². The van der Waals surface area contributed by atoms with E-state index >= 15 is 0 Å².